The molecule has 150 heavy (non-hydrogen) atoms. The molecule has 16 aromatic carbocycles. The monoisotopic (exact) mass is 2010 g/mol. The van der Waals surface area contributed by atoms with Gasteiger partial charge in [-0.2, -0.15) is 13.2 Å². The summed E-state index contributed by atoms with van der Waals surface area (Å²) in [5.41, 5.74) is 40.2. The van der Waals surface area contributed by atoms with Crippen LogP contribution in [0.3, 0.4) is 0 Å². The third-order valence-electron chi connectivity index (χ3n) is 24.8. The number of hydrogen-bond donors (Lipinski definition) is 9. The van der Waals surface area contributed by atoms with Crippen LogP contribution >= 0.6 is 0 Å². The van der Waals surface area contributed by atoms with E-state index in [0.717, 1.165) is 72.5 Å². The fraction of sp³-hybridized carbons (Fsp3) is 0.0948. The third kappa shape index (κ3) is 22.4. The van der Waals surface area contributed by atoms with Crippen LogP contribution in [-0.4, -0.2) is 142 Å². The molecule has 0 bridgehead atoms. The van der Waals surface area contributed by atoms with Crippen molar-refractivity contribution in [1.29, 1.82) is 0 Å². The van der Waals surface area contributed by atoms with Gasteiger partial charge in [0.1, 0.15) is 46.1 Å². The molecular weight excluding hydrogens is 1920 g/mol. The molecule has 0 spiro atoms. The van der Waals surface area contributed by atoms with Gasteiger partial charge in [0, 0.05) is 103 Å². The van der Waals surface area contributed by atoms with E-state index >= 15 is 0 Å². The Labute approximate surface area is 861 Å². The van der Waals surface area contributed by atoms with E-state index in [1.54, 1.807) is 140 Å². The van der Waals surface area contributed by atoms with E-state index in [4.69, 9.17) is 72.8 Å². The number of amides is 5. The number of carboxylic acids is 4. The number of benzene rings is 16. The zero-order valence-corrected chi connectivity index (χ0v) is 78.9. The van der Waals surface area contributed by atoms with Gasteiger partial charge in [0.2, 0.25) is 29.5 Å². The molecule has 1 radical (unpaired) electrons. The van der Waals surface area contributed by atoms with Gasteiger partial charge in [0.25, 0.3) is 0 Å². The predicted octanol–water partition coefficient (Wildman–Crippen LogP) is 20.0. The van der Waals surface area contributed by atoms with Crippen molar-refractivity contribution >= 4 is 181 Å². The summed E-state index contributed by atoms with van der Waals surface area (Å²) in [6.45, 7) is -0.0479. The number of nitrogens with zero attached hydrogens (tertiary/aromatic N) is 5. The van der Waals surface area contributed by atoms with Gasteiger partial charge in [0.05, 0.1) is 77.8 Å². The molecule has 0 unspecified atom stereocenters. The normalized spacial score (nSPS) is 11.1. The molecule has 14 N–H and O–H groups in total. The molecular formula is C116H91F5LiN10O18. The Morgan fingerprint density at radius 3 is 0.987 bits per heavy atom. The van der Waals surface area contributed by atoms with Crippen molar-refractivity contribution in [2.75, 3.05) is 26.4 Å². The van der Waals surface area contributed by atoms with E-state index < -0.39 is 91.6 Å². The second-order valence-corrected chi connectivity index (χ2v) is 34.3. The molecule has 34 heteroatoms. The van der Waals surface area contributed by atoms with E-state index in [1.165, 1.54) is 30.3 Å². The molecule has 0 aliphatic heterocycles. The SMILES string of the molecule is NC(=O)c1cccc2c1c1[c]cccc1n2CCc1ccccc1C(F)(F)F.NC(=O)c1cccc2c1c1c(OCC(=O)O)cccc1n2Cc1cccc(F)c1.NC(=O)c1cccc2c1c1c(OCC(=O)O)cccc1n2Cc1cccc(Oc2ccccc2)c1.NC(=O)c1cccc2c1c1c(OCC(=O)O)cccc1n2Cc1ccccc1.NC(=O)c1cccc2c1c1c(OCC(=O)O)cccc1n2Cc1ccccc1F.[LiH]. The average Bonchev–Trinajstić information content (AvgIpc) is 1.59. The van der Waals surface area contributed by atoms with Crippen molar-refractivity contribution in [3.8, 4) is 34.5 Å². The summed E-state index contributed by atoms with van der Waals surface area (Å²) in [7, 11) is 0. The maximum absolute atomic E-state index is 14.3. The standard InChI is InChI=1S/C28H22N2O5.C22H16F3N2O.2C22H17FN2O4.C22H18N2O4.Li.H/c29-28(33)21-11-5-12-22-26(21)27-23(13-6-14-24(27)34-17-25(31)32)30(22)16-18-7-4-10-20(15-18)35-19-8-2-1-3-9-19;23-22(24,25)17-9-3-1-6-14(17)12-13-27-18-10-4-2-7-15(18)20-16(21(26)28)8-5-11-19(20)27;23-14-5-1-4-13(10-14)11-25-16-7-2-6-15(22(24)28)20(16)21-17(25)8-3-9-18(21)29-12-19(26)27;23-15-7-2-1-5-13(15)11-25-16-8-3-6-14(22(24)28)20(16)21-17(25)9-4-10-18(21)29-12-19(26)27;23-22(27)15-8-4-9-16-20(15)21-17(10-5-11-18(21)28-13-19(25)26)24(16)12-14-6-2-1-3-7-14;;/h1-15H,16-17H2,(H2,29,33)(H,31,32);1-6,8-11H,12-13H2,(H2,26,28);2*1-10H,11-12H2,(H2,24,28)(H,26,27);1-11H,12-13H2,(H2,23,27)(H,25,26);;. The van der Waals surface area contributed by atoms with Gasteiger partial charge in [0.15, 0.2) is 26.4 Å². The number of nitrogens with two attached hydrogens (primary N) is 5. The van der Waals surface area contributed by atoms with E-state index in [1.807, 2.05) is 177 Å². The number of ether oxygens (including phenoxy) is 5. The van der Waals surface area contributed by atoms with Crippen molar-refractivity contribution in [1.82, 2.24) is 22.8 Å². The number of halogens is 5. The molecule has 5 amide bonds. The average molecular weight is 2010 g/mol. The van der Waals surface area contributed by atoms with Gasteiger partial charge >= 0.3 is 48.9 Å². The van der Waals surface area contributed by atoms with Crippen LogP contribution in [0.25, 0.3) is 109 Å². The number of aliphatic carboxylic acids is 4. The minimum absolute atomic E-state index is 0. The topological polar surface area (TPSA) is 435 Å². The number of carbonyl (C=O) groups is 9. The van der Waals surface area contributed by atoms with E-state index in [0.29, 0.717) is 148 Å². The van der Waals surface area contributed by atoms with Crippen LogP contribution < -0.4 is 52.4 Å². The molecule has 5 heterocycles. The minimum atomic E-state index is -4.40. The Bertz CT molecular complexity index is 8830. The van der Waals surface area contributed by atoms with Crippen LogP contribution in [0, 0.1) is 17.7 Å². The number of hydrogen-bond acceptors (Lipinski definition) is 14. The Hall–Kier alpha value is -19.0. The summed E-state index contributed by atoms with van der Waals surface area (Å²) in [4.78, 5) is 104. The van der Waals surface area contributed by atoms with Gasteiger partial charge in [-0.05, 0) is 199 Å². The zero-order chi connectivity index (χ0) is 105. The van der Waals surface area contributed by atoms with Crippen LogP contribution in [-0.2, 0) is 64.5 Å². The molecule has 0 saturated heterocycles. The van der Waals surface area contributed by atoms with Crippen LogP contribution in [0.2, 0.25) is 0 Å². The summed E-state index contributed by atoms with van der Waals surface area (Å²) in [6, 6.07) is 102. The number of aromatic nitrogens is 5. The number of rotatable bonds is 30. The number of primary amides is 5. The molecule has 749 valence electrons. The van der Waals surface area contributed by atoms with Gasteiger partial charge in [-0.3, -0.25) is 24.0 Å². The van der Waals surface area contributed by atoms with Gasteiger partial charge in [-0.15, -0.1) is 0 Å². The van der Waals surface area contributed by atoms with Crippen LogP contribution in [0.4, 0.5) is 22.0 Å². The summed E-state index contributed by atoms with van der Waals surface area (Å²) in [5.74, 6) is -5.07. The van der Waals surface area contributed by atoms with E-state index in [9.17, 15) is 65.1 Å². The molecule has 0 fully saturated rings. The third-order valence-corrected chi connectivity index (χ3v) is 24.8. The van der Waals surface area contributed by atoms with E-state index in [-0.39, 0.29) is 54.6 Å². The molecule has 0 aliphatic rings. The fourth-order valence-electron chi connectivity index (χ4n) is 18.8. The summed E-state index contributed by atoms with van der Waals surface area (Å²) in [5, 5.41) is 42.4. The molecule has 5 aromatic heterocycles. The van der Waals surface area contributed by atoms with Crippen molar-refractivity contribution in [2.45, 2.75) is 45.3 Å². The zero-order valence-electron chi connectivity index (χ0n) is 78.9. The number of para-hydroxylation sites is 1. The Balaban J connectivity index is 0.000000134. The molecule has 21 aromatic rings. The van der Waals surface area contributed by atoms with E-state index in [2.05, 4.69) is 15.2 Å². The Morgan fingerprint density at radius 1 is 0.293 bits per heavy atom. The molecule has 0 saturated carbocycles. The number of alkyl halides is 3. The van der Waals surface area contributed by atoms with Crippen LogP contribution in [0.5, 0.6) is 34.5 Å². The number of fused-ring (bicyclic) bond motifs is 15. The molecule has 0 aliphatic carbocycles. The first-order valence-corrected chi connectivity index (χ1v) is 46.3. The van der Waals surface area contributed by atoms with Crippen molar-refractivity contribution in [3.63, 3.8) is 0 Å². The van der Waals surface area contributed by atoms with Crippen molar-refractivity contribution < 1.29 is 109 Å². The first-order valence-electron chi connectivity index (χ1n) is 46.3. The first kappa shape index (κ1) is 104. The first-order chi connectivity index (χ1) is 71.9. The number of carbonyl (C=O) groups excluding carboxylic acids is 5. The molecule has 0 atom stereocenters. The Kier molecular flexibility index (Phi) is 31.5. The number of aryl methyl sites for hydroxylation is 2. The summed E-state index contributed by atoms with van der Waals surface area (Å²) >= 11 is 0. The fourth-order valence-corrected chi connectivity index (χ4v) is 18.8. The summed E-state index contributed by atoms with van der Waals surface area (Å²) in [6.07, 6.45) is -4.20. The van der Waals surface area contributed by atoms with Gasteiger partial charge < -0.3 is 95.6 Å². The Morgan fingerprint density at radius 2 is 0.600 bits per heavy atom. The van der Waals surface area contributed by atoms with Gasteiger partial charge in [-0.25, -0.2) is 28.0 Å². The van der Waals surface area contributed by atoms with Gasteiger partial charge in [-0.1, -0.05) is 176 Å². The maximum atomic E-state index is 14.3. The van der Waals surface area contributed by atoms with Crippen molar-refractivity contribution in [3.05, 3.63) is 419 Å². The summed E-state index contributed by atoms with van der Waals surface area (Å²) < 4.78 is 106. The van der Waals surface area contributed by atoms with Crippen LogP contribution in [0.1, 0.15) is 85.2 Å². The predicted molar refractivity (Wildman–Crippen MR) is 562 cm³/mol. The molecule has 21 rings (SSSR count). The quantitative estimate of drug-likeness (QED) is 0.0149. The van der Waals surface area contributed by atoms with Crippen molar-refractivity contribution in [2.24, 2.45) is 28.7 Å². The van der Waals surface area contributed by atoms with Crippen LogP contribution in [0.15, 0.2) is 340 Å². The number of carboxylic acid groups (broad SMARTS) is 4. The molecule has 28 nitrogen and oxygen atoms in total. The second kappa shape index (κ2) is 45.5. The second-order valence-electron chi connectivity index (χ2n) is 34.3.